The molecular formula is C30H36ClN3O5S. The lowest BCUT2D eigenvalue weighted by Gasteiger charge is -2.32. The fourth-order valence-electron chi connectivity index (χ4n) is 4.05. The molecule has 0 aliphatic carbocycles. The Morgan fingerprint density at radius 2 is 1.68 bits per heavy atom. The predicted molar refractivity (Wildman–Crippen MR) is 158 cm³/mol. The van der Waals surface area contributed by atoms with Gasteiger partial charge in [-0.15, -0.1) is 0 Å². The standard InChI is InChI=1S/C30H36ClN3O5S/c1-5-18-32-30(36)23(4)33(20-24-8-7-9-25(31)19-24)29(35)21-34(26-12-14-27(15-13-26)39-6-2)40(37,38)28-16-10-22(3)11-17-28/h7-17,19,23H,5-6,18,20-21H2,1-4H3,(H,32,36). The van der Waals surface area contributed by atoms with Crippen LogP contribution in [0.15, 0.2) is 77.7 Å². The quantitative estimate of drug-likeness (QED) is 0.298. The number of ether oxygens (including phenoxy) is 1. The van der Waals surface area contributed by atoms with Gasteiger partial charge >= 0.3 is 0 Å². The van der Waals surface area contributed by atoms with Crippen molar-refractivity contribution in [2.24, 2.45) is 0 Å². The number of hydrogen-bond acceptors (Lipinski definition) is 5. The number of carbonyl (C=O) groups is 2. The fourth-order valence-corrected chi connectivity index (χ4v) is 5.68. The second-order valence-corrected chi connectivity index (χ2v) is 11.7. The highest BCUT2D eigenvalue weighted by Crippen LogP contribution is 2.27. The number of sulfonamides is 1. The molecule has 10 heteroatoms. The normalized spacial score (nSPS) is 11.9. The molecule has 0 aromatic heterocycles. The molecule has 0 aliphatic heterocycles. The second kappa shape index (κ2) is 14.2. The van der Waals surface area contributed by atoms with Crippen LogP contribution in [0, 0.1) is 6.92 Å². The monoisotopic (exact) mass is 585 g/mol. The Kier molecular flexibility index (Phi) is 11.0. The third kappa shape index (κ3) is 7.99. The Balaban J connectivity index is 2.02. The first-order valence-electron chi connectivity index (χ1n) is 13.2. The van der Waals surface area contributed by atoms with Gasteiger partial charge in [0.25, 0.3) is 10.0 Å². The average molecular weight is 586 g/mol. The lowest BCUT2D eigenvalue weighted by atomic mass is 10.1. The van der Waals surface area contributed by atoms with Gasteiger partial charge < -0.3 is 15.0 Å². The summed E-state index contributed by atoms with van der Waals surface area (Å²) in [5.74, 6) is -0.288. The van der Waals surface area contributed by atoms with Crippen molar-refractivity contribution < 1.29 is 22.7 Å². The van der Waals surface area contributed by atoms with Crippen molar-refractivity contribution in [1.29, 1.82) is 0 Å². The van der Waals surface area contributed by atoms with E-state index in [1.165, 1.54) is 17.0 Å². The summed E-state index contributed by atoms with van der Waals surface area (Å²) in [7, 11) is -4.14. The molecule has 0 aliphatic rings. The summed E-state index contributed by atoms with van der Waals surface area (Å²) in [4.78, 5) is 28.3. The van der Waals surface area contributed by atoms with Gasteiger partial charge in [-0.3, -0.25) is 13.9 Å². The van der Waals surface area contributed by atoms with Gasteiger partial charge in [0, 0.05) is 18.1 Å². The summed E-state index contributed by atoms with van der Waals surface area (Å²) in [6.45, 7) is 7.75. The molecule has 8 nitrogen and oxygen atoms in total. The van der Waals surface area contributed by atoms with E-state index < -0.39 is 28.5 Å². The smallest absolute Gasteiger partial charge is 0.264 e. The van der Waals surface area contributed by atoms with Gasteiger partial charge in [0.1, 0.15) is 18.3 Å². The average Bonchev–Trinajstić information content (AvgIpc) is 2.93. The zero-order valence-electron chi connectivity index (χ0n) is 23.3. The van der Waals surface area contributed by atoms with Crippen LogP contribution in [0.25, 0.3) is 0 Å². The van der Waals surface area contributed by atoms with Crippen LogP contribution >= 0.6 is 11.6 Å². The summed E-state index contributed by atoms with van der Waals surface area (Å²) in [5, 5.41) is 3.32. The molecule has 0 spiro atoms. The topological polar surface area (TPSA) is 96.0 Å². The van der Waals surface area contributed by atoms with Crippen molar-refractivity contribution in [3.8, 4) is 5.75 Å². The highest BCUT2D eigenvalue weighted by molar-refractivity contribution is 7.92. The summed E-state index contributed by atoms with van der Waals surface area (Å²) in [5.41, 5.74) is 1.91. The number of carbonyl (C=O) groups excluding carboxylic acids is 2. The molecule has 0 fully saturated rings. The molecule has 1 N–H and O–H groups in total. The van der Waals surface area contributed by atoms with Crippen LogP contribution in [0.3, 0.4) is 0 Å². The summed E-state index contributed by atoms with van der Waals surface area (Å²) in [6.07, 6.45) is 0.737. The molecule has 1 unspecified atom stereocenters. The SMILES string of the molecule is CCCNC(=O)C(C)N(Cc1cccc(Cl)c1)C(=O)CN(c1ccc(OCC)cc1)S(=O)(=O)c1ccc(C)cc1. The van der Waals surface area contributed by atoms with Crippen molar-refractivity contribution in [3.05, 3.63) is 88.9 Å². The van der Waals surface area contributed by atoms with Gasteiger partial charge in [-0.05, 0) is 81.3 Å². The summed E-state index contributed by atoms with van der Waals surface area (Å²) >= 11 is 6.18. The Hall–Kier alpha value is -3.56. The Bertz CT molecular complexity index is 1400. The molecule has 3 aromatic carbocycles. The maximum atomic E-state index is 13.9. The first-order chi connectivity index (χ1) is 19.1. The minimum Gasteiger partial charge on any atom is -0.494 e. The largest absolute Gasteiger partial charge is 0.494 e. The highest BCUT2D eigenvalue weighted by atomic mass is 35.5. The third-order valence-corrected chi connectivity index (χ3v) is 8.31. The molecule has 40 heavy (non-hydrogen) atoms. The van der Waals surface area contributed by atoms with E-state index in [2.05, 4.69) is 5.32 Å². The number of aryl methyl sites for hydroxylation is 1. The molecule has 0 radical (unpaired) electrons. The van der Waals surface area contributed by atoms with Crippen LogP contribution in [0.2, 0.25) is 5.02 Å². The molecule has 0 heterocycles. The van der Waals surface area contributed by atoms with E-state index in [0.29, 0.717) is 35.2 Å². The fraction of sp³-hybridized carbons (Fsp3) is 0.333. The van der Waals surface area contributed by atoms with Gasteiger partial charge in [0.15, 0.2) is 0 Å². The Morgan fingerprint density at radius 1 is 1.00 bits per heavy atom. The summed E-state index contributed by atoms with van der Waals surface area (Å²) < 4.78 is 34.4. The van der Waals surface area contributed by atoms with Crippen molar-refractivity contribution in [2.45, 2.75) is 51.6 Å². The lowest BCUT2D eigenvalue weighted by Crippen LogP contribution is -2.51. The van der Waals surface area contributed by atoms with E-state index in [9.17, 15) is 18.0 Å². The van der Waals surface area contributed by atoms with Crippen molar-refractivity contribution in [1.82, 2.24) is 10.2 Å². The van der Waals surface area contributed by atoms with Crippen molar-refractivity contribution in [2.75, 3.05) is 24.0 Å². The molecule has 0 bridgehead atoms. The first-order valence-corrected chi connectivity index (χ1v) is 15.0. The van der Waals surface area contributed by atoms with E-state index in [1.807, 2.05) is 20.8 Å². The van der Waals surface area contributed by atoms with Crippen LogP contribution in [0.4, 0.5) is 5.69 Å². The summed E-state index contributed by atoms with van der Waals surface area (Å²) in [6, 6.07) is 19.1. The minimum absolute atomic E-state index is 0.0508. The van der Waals surface area contributed by atoms with Crippen molar-refractivity contribution >= 4 is 39.1 Å². The maximum Gasteiger partial charge on any atom is 0.264 e. The first kappa shape index (κ1) is 31.0. The molecule has 2 amide bonds. The number of halogens is 1. The molecular weight excluding hydrogens is 550 g/mol. The zero-order chi connectivity index (χ0) is 29.3. The van der Waals surface area contributed by atoms with Crippen LogP contribution in [0.1, 0.15) is 38.3 Å². The Morgan fingerprint density at radius 3 is 2.27 bits per heavy atom. The van der Waals surface area contributed by atoms with Crippen molar-refractivity contribution in [3.63, 3.8) is 0 Å². The van der Waals surface area contributed by atoms with Gasteiger partial charge in [-0.2, -0.15) is 0 Å². The number of amides is 2. The molecule has 3 aromatic rings. The number of hydrogen-bond donors (Lipinski definition) is 1. The van der Waals surface area contributed by atoms with Crippen LogP contribution in [-0.4, -0.2) is 50.9 Å². The van der Waals surface area contributed by atoms with E-state index in [1.54, 1.807) is 67.6 Å². The van der Waals surface area contributed by atoms with Crippen LogP contribution in [0.5, 0.6) is 5.75 Å². The number of anilines is 1. The van der Waals surface area contributed by atoms with Crippen LogP contribution in [-0.2, 0) is 26.2 Å². The van der Waals surface area contributed by atoms with E-state index in [4.69, 9.17) is 16.3 Å². The number of nitrogens with zero attached hydrogens (tertiary/aromatic N) is 2. The maximum absolute atomic E-state index is 13.9. The molecule has 214 valence electrons. The van der Waals surface area contributed by atoms with E-state index in [0.717, 1.165) is 16.3 Å². The van der Waals surface area contributed by atoms with Gasteiger partial charge in [-0.25, -0.2) is 8.42 Å². The number of benzene rings is 3. The lowest BCUT2D eigenvalue weighted by molar-refractivity contribution is -0.139. The van der Waals surface area contributed by atoms with Gasteiger partial charge in [-0.1, -0.05) is 48.4 Å². The van der Waals surface area contributed by atoms with E-state index >= 15 is 0 Å². The molecule has 0 saturated heterocycles. The molecule has 0 saturated carbocycles. The second-order valence-electron chi connectivity index (χ2n) is 9.37. The van der Waals surface area contributed by atoms with Crippen LogP contribution < -0.4 is 14.4 Å². The third-order valence-electron chi connectivity index (χ3n) is 6.28. The number of rotatable bonds is 13. The van der Waals surface area contributed by atoms with E-state index in [-0.39, 0.29) is 17.3 Å². The minimum atomic E-state index is -4.14. The highest BCUT2D eigenvalue weighted by Gasteiger charge is 2.32. The van der Waals surface area contributed by atoms with Gasteiger partial charge in [0.05, 0.1) is 17.2 Å². The zero-order valence-corrected chi connectivity index (χ0v) is 24.8. The van der Waals surface area contributed by atoms with Gasteiger partial charge in [0.2, 0.25) is 11.8 Å². The molecule has 1 atom stereocenters. The Labute approximate surface area is 241 Å². The molecule has 3 rings (SSSR count). The predicted octanol–water partition coefficient (Wildman–Crippen LogP) is 5.19. The number of nitrogens with one attached hydrogen (secondary N) is 1.